The Labute approximate surface area is 106 Å². The van der Waals surface area contributed by atoms with E-state index in [2.05, 4.69) is 18.3 Å². The molecule has 1 unspecified atom stereocenters. The van der Waals surface area contributed by atoms with Crippen molar-refractivity contribution in [3.8, 4) is 0 Å². The Morgan fingerprint density at radius 2 is 2.31 bits per heavy atom. The summed E-state index contributed by atoms with van der Waals surface area (Å²) in [6.45, 7) is 3.39. The summed E-state index contributed by atoms with van der Waals surface area (Å²) in [5.41, 5.74) is 0.175. The molecular weight excluding hydrogens is 242 g/mol. The van der Waals surface area contributed by atoms with Crippen molar-refractivity contribution in [3.05, 3.63) is 21.3 Å². The third-order valence-corrected chi connectivity index (χ3v) is 4.71. The van der Waals surface area contributed by atoms with E-state index in [-0.39, 0.29) is 5.41 Å². The SMILES string of the molecule is CCC(NCC1(CO)CC1)c1ccc(Cl)s1. The highest BCUT2D eigenvalue weighted by molar-refractivity contribution is 7.16. The summed E-state index contributed by atoms with van der Waals surface area (Å²) in [5.74, 6) is 0. The fraction of sp³-hybridized carbons (Fsp3) is 0.667. The molecule has 1 aliphatic carbocycles. The number of aliphatic hydroxyl groups excluding tert-OH is 1. The van der Waals surface area contributed by atoms with Gasteiger partial charge in [0.05, 0.1) is 4.34 Å². The van der Waals surface area contributed by atoms with Gasteiger partial charge in [-0.05, 0) is 31.4 Å². The lowest BCUT2D eigenvalue weighted by Crippen LogP contribution is -2.29. The molecule has 0 bridgehead atoms. The minimum absolute atomic E-state index is 0.175. The highest BCUT2D eigenvalue weighted by Crippen LogP contribution is 2.44. The lowest BCUT2D eigenvalue weighted by molar-refractivity contribution is 0.203. The number of aliphatic hydroxyl groups is 1. The van der Waals surface area contributed by atoms with Gasteiger partial charge in [0, 0.05) is 29.5 Å². The molecule has 1 fully saturated rings. The topological polar surface area (TPSA) is 32.3 Å². The summed E-state index contributed by atoms with van der Waals surface area (Å²) < 4.78 is 0.846. The van der Waals surface area contributed by atoms with Gasteiger partial charge in [0.15, 0.2) is 0 Å². The van der Waals surface area contributed by atoms with Gasteiger partial charge in [0.1, 0.15) is 0 Å². The van der Waals surface area contributed by atoms with E-state index in [1.54, 1.807) is 11.3 Å². The van der Waals surface area contributed by atoms with E-state index >= 15 is 0 Å². The van der Waals surface area contributed by atoms with Crippen LogP contribution in [0.3, 0.4) is 0 Å². The first kappa shape index (κ1) is 12.4. The molecular formula is C12H18ClNOS. The average Bonchev–Trinajstić information content (AvgIpc) is 2.96. The Balaban J connectivity index is 1.91. The zero-order valence-corrected chi connectivity index (χ0v) is 11.1. The van der Waals surface area contributed by atoms with Crippen LogP contribution in [0.4, 0.5) is 0 Å². The van der Waals surface area contributed by atoms with E-state index in [4.69, 9.17) is 11.6 Å². The molecule has 0 amide bonds. The van der Waals surface area contributed by atoms with Crippen LogP contribution in [0.2, 0.25) is 4.34 Å². The summed E-state index contributed by atoms with van der Waals surface area (Å²) in [7, 11) is 0. The van der Waals surface area contributed by atoms with E-state index in [1.165, 1.54) is 4.88 Å². The lowest BCUT2D eigenvalue weighted by Gasteiger charge is -2.19. The molecule has 0 saturated heterocycles. The quantitative estimate of drug-likeness (QED) is 0.822. The Morgan fingerprint density at radius 3 is 2.75 bits per heavy atom. The number of halogens is 1. The summed E-state index contributed by atoms with van der Waals surface area (Å²) in [6, 6.07) is 4.42. The Hall–Kier alpha value is -0.0900. The zero-order chi connectivity index (χ0) is 11.6. The van der Waals surface area contributed by atoms with Gasteiger partial charge in [0.2, 0.25) is 0 Å². The van der Waals surface area contributed by atoms with Crippen molar-refractivity contribution in [2.75, 3.05) is 13.2 Å². The van der Waals surface area contributed by atoms with Crippen molar-refractivity contribution < 1.29 is 5.11 Å². The second kappa shape index (κ2) is 5.05. The molecule has 1 saturated carbocycles. The fourth-order valence-corrected chi connectivity index (χ4v) is 3.09. The third-order valence-electron chi connectivity index (χ3n) is 3.36. The van der Waals surface area contributed by atoms with E-state index in [0.717, 1.165) is 30.1 Å². The van der Waals surface area contributed by atoms with Crippen molar-refractivity contribution in [3.63, 3.8) is 0 Å². The number of rotatable bonds is 6. The monoisotopic (exact) mass is 259 g/mol. The maximum Gasteiger partial charge on any atom is 0.0931 e. The van der Waals surface area contributed by atoms with E-state index in [0.29, 0.717) is 12.6 Å². The lowest BCUT2D eigenvalue weighted by atomic mass is 10.1. The molecule has 0 spiro atoms. The first-order chi connectivity index (χ1) is 7.69. The van der Waals surface area contributed by atoms with Crippen LogP contribution in [0.1, 0.15) is 37.1 Å². The number of hydrogen-bond acceptors (Lipinski definition) is 3. The number of hydrogen-bond donors (Lipinski definition) is 2. The van der Waals surface area contributed by atoms with Gasteiger partial charge in [-0.1, -0.05) is 18.5 Å². The van der Waals surface area contributed by atoms with Crippen LogP contribution in [-0.2, 0) is 0 Å². The van der Waals surface area contributed by atoms with Crippen molar-refractivity contribution in [1.29, 1.82) is 0 Å². The highest BCUT2D eigenvalue weighted by Gasteiger charge is 2.41. The molecule has 2 N–H and O–H groups in total. The van der Waals surface area contributed by atoms with Crippen molar-refractivity contribution in [1.82, 2.24) is 5.32 Å². The molecule has 0 aliphatic heterocycles. The van der Waals surface area contributed by atoms with Crippen molar-refractivity contribution >= 4 is 22.9 Å². The first-order valence-electron chi connectivity index (χ1n) is 5.78. The zero-order valence-electron chi connectivity index (χ0n) is 9.50. The first-order valence-corrected chi connectivity index (χ1v) is 6.98. The molecule has 4 heteroatoms. The predicted octanol–water partition coefficient (Wildman–Crippen LogP) is 3.21. The van der Waals surface area contributed by atoms with Gasteiger partial charge in [-0.25, -0.2) is 0 Å². The molecule has 2 nitrogen and oxygen atoms in total. The maximum absolute atomic E-state index is 9.26. The third kappa shape index (κ3) is 2.77. The van der Waals surface area contributed by atoms with Gasteiger partial charge < -0.3 is 10.4 Å². The Morgan fingerprint density at radius 1 is 1.56 bits per heavy atom. The van der Waals surface area contributed by atoms with Crippen LogP contribution in [0.5, 0.6) is 0 Å². The van der Waals surface area contributed by atoms with Crippen LogP contribution < -0.4 is 5.32 Å². The minimum Gasteiger partial charge on any atom is -0.396 e. The molecule has 1 atom stereocenters. The van der Waals surface area contributed by atoms with Crippen LogP contribution in [0, 0.1) is 5.41 Å². The van der Waals surface area contributed by atoms with Gasteiger partial charge >= 0.3 is 0 Å². The smallest absolute Gasteiger partial charge is 0.0931 e. The molecule has 2 rings (SSSR count). The average molecular weight is 260 g/mol. The molecule has 16 heavy (non-hydrogen) atoms. The van der Waals surface area contributed by atoms with Crippen LogP contribution in [0.15, 0.2) is 12.1 Å². The summed E-state index contributed by atoms with van der Waals surface area (Å²) >= 11 is 7.58. The highest BCUT2D eigenvalue weighted by atomic mass is 35.5. The standard InChI is InChI=1S/C12H18ClNOS/c1-2-9(10-3-4-11(13)16-10)14-7-12(8-15)5-6-12/h3-4,9,14-15H,2,5-8H2,1H3. The minimum atomic E-state index is 0.175. The van der Waals surface area contributed by atoms with Gasteiger partial charge in [-0.2, -0.15) is 0 Å². The molecule has 0 radical (unpaired) electrons. The molecule has 1 aliphatic rings. The number of thiophene rings is 1. The Bertz CT molecular complexity index is 349. The van der Waals surface area contributed by atoms with Gasteiger partial charge in [0.25, 0.3) is 0 Å². The Kier molecular flexibility index (Phi) is 3.90. The largest absolute Gasteiger partial charge is 0.396 e. The van der Waals surface area contributed by atoms with Gasteiger partial charge in [-0.3, -0.25) is 0 Å². The molecule has 0 aromatic carbocycles. The normalized spacial score (nSPS) is 19.7. The number of nitrogens with one attached hydrogen (secondary N) is 1. The molecule has 90 valence electrons. The van der Waals surface area contributed by atoms with E-state index in [9.17, 15) is 5.11 Å². The summed E-state index contributed by atoms with van der Waals surface area (Å²) in [6.07, 6.45) is 3.36. The van der Waals surface area contributed by atoms with Crippen molar-refractivity contribution in [2.24, 2.45) is 5.41 Å². The van der Waals surface area contributed by atoms with Crippen LogP contribution in [0.25, 0.3) is 0 Å². The van der Waals surface area contributed by atoms with Crippen molar-refractivity contribution in [2.45, 2.75) is 32.2 Å². The van der Waals surface area contributed by atoms with Crippen LogP contribution in [-0.4, -0.2) is 18.3 Å². The molecule has 1 heterocycles. The van der Waals surface area contributed by atoms with E-state index in [1.807, 2.05) is 6.07 Å². The van der Waals surface area contributed by atoms with Crippen LogP contribution >= 0.6 is 22.9 Å². The fourth-order valence-electron chi connectivity index (χ4n) is 1.87. The maximum atomic E-state index is 9.26. The van der Waals surface area contributed by atoms with Gasteiger partial charge in [-0.15, -0.1) is 11.3 Å². The molecule has 1 aromatic rings. The predicted molar refractivity (Wildman–Crippen MR) is 69.1 cm³/mol. The second-order valence-electron chi connectivity index (χ2n) is 4.64. The summed E-state index contributed by atoms with van der Waals surface area (Å²) in [4.78, 5) is 1.29. The van der Waals surface area contributed by atoms with E-state index < -0.39 is 0 Å². The molecule has 1 aromatic heterocycles. The summed E-state index contributed by atoms with van der Waals surface area (Å²) in [5, 5.41) is 12.8. The second-order valence-corrected chi connectivity index (χ2v) is 6.39.